The van der Waals surface area contributed by atoms with Crippen LogP contribution in [-0.2, 0) is 10.8 Å². The molecule has 0 spiro atoms. The summed E-state index contributed by atoms with van der Waals surface area (Å²) >= 11 is 0. The zero-order chi connectivity index (χ0) is 40.3. The van der Waals surface area contributed by atoms with E-state index in [1.807, 2.05) is 12.3 Å². The van der Waals surface area contributed by atoms with Gasteiger partial charge in [-0.2, -0.15) is 0 Å². The molecule has 2 aliphatic rings. The molecule has 2 heterocycles. The maximum atomic E-state index is 5.57. The molecule has 2 heteroatoms. The van der Waals surface area contributed by atoms with Crippen molar-refractivity contribution < 1.29 is 0 Å². The molecule has 0 amide bonds. The fourth-order valence-electron chi connectivity index (χ4n) is 10.5. The summed E-state index contributed by atoms with van der Waals surface area (Å²) in [6.45, 7) is 9.46. The lowest BCUT2D eigenvalue weighted by Gasteiger charge is -2.23. The normalized spacial score (nSPS) is 14.3. The van der Waals surface area contributed by atoms with Crippen LogP contribution in [0.25, 0.3) is 99.5 Å². The minimum atomic E-state index is -0.117. The summed E-state index contributed by atoms with van der Waals surface area (Å²) in [5.41, 5.74) is 21.8. The summed E-state index contributed by atoms with van der Waals surface area (Å²) in [4.78, 5) is 10.3. The van der Waals surface area contributed by atoms with E-state index >= 15 is 0 Å². The van der Waals surface area contributed by atoms with Crippen LogP contribution >= 0.6 is 0 Å². The zero-order valence-electron chi connectivity index (χ0n) is 34.2. The Balaban J connectivity index is 1.07. The maximum Gasteiger partial charge on any atom is 0.0794 e. The Morgan fingerprint density at radius 2 is 0.867 bits per heavy atom. The smallest absolute Gasteiger partial charge is 0.0794 e. The number of nitrogens with zero attached hydrogens (tertiary/aromatic N) is 2. The highest BCUT2D eigenvalue weighted by Crippen LogP contribution is 2.52. The highest BCUT2D eigenvalue weighted by atomic mass is 14.7. The fourth-order valence-corrected chi connectivity index (χ4v) is 10.5. The van der Waals surface area contributed by atoms with Gasteiger partial charge in [0.1, 0.15) is 0 Å². The quantitative estimate of drug-likeness (QED) is 0.167. The third-order valence-electron chi connectivity index (χ3n) is 13.7. The van der Waals surface area contributed by atoms with Crippen LogP contribution in [0.4, 0.5) is 0 Å². The van der Waals surface area contributed by atoms with Crippen molar-refractivity contribution in [2.45, 2.75) is 38.5 Å². The van der Waals surface area contributed by atoms with E-state index in [0.717, 1.165) is 49.6 Å². The van der Waals surface area contributed by atoms with E-state index in [9.17, 15) is 0 Å². The maximum absolute atomic E-state index is 5.57. The second kappa shape index (κ2) is 12.7. The molecule has 2 nitrogen and oxygen atoms in total. The Morgan fingerprint density at radius 1 is 0.350 bits per heavy atom. The molecule has 0 bridgehead atoms. The standard InChI is InChI=1S/C58H42N2/c1-57(2)50-18-10-8-15-42(50)44-27-25-37(30-52(44)57)47-32-49-48(38-26-28-45-43-16-9-11-19-51(43)58(3,4)53(45)31-38)33-55(60-56(49)46-17-7-6-14-41(46)47)36-23-21-35(22-24-36)40-29-39-13-5-12-20-54(39)59-34-40/h5-34H,1-4H3. The topological polar surface area (TPSA) is 25.8 Å². The third-order valence-corrected chi connectivity index (χ3v) is 13.7. The molecule has 2 aliphatic carbocycles. The van der Waals surface area contributed by atoms with E-state index in [4.69, 9.17) is 9.97 Å². The second-order valence-corrected chi connectivity index (χ2v) is 17.8. The number of para-hydroxylation sites is 1. The molecule has 12 rings (SSSR count). The Hall–Kier alpha value is -7.16. The average molecular weight is 767 g/mol. The van der Waals surface area contributed by atoms with Crippen LogP contribution in [0.2, 0.25) is 0 Å². The summed E-state index contributed by atoms with van der Waals surface area (Å²) < 4.78 is 0. The van der Waals surface area contributed by atoms with Crippen LogP contribution in [0.3, 0.4) is 0 Å². The first-order valence-corrected chi connectivity index (χ1v) is 21.1. The van der Waals surface area contributed by atoms with Crippen molar-refractivity contribution >= 4 is 32.6 Å². The van der Waals surface area contributed by atoms with Gasteiger partial charge in [-0.3, -0.25) is 4.98 Å². The van der Waals surface area contributed by atoms with Gasteiger partial charge in [-0.1, -0.05) is 167 Å². The average Bonchev–Trinajstić information content (AvgIpc) is 3.67. The minimum Gasteiger partial charge on any atom is -0.256 e. The van der Waals surface area contributed by atoms with Crippen LogP contribution in [0.1, 0.15) is 49.9 Å². The van der Waals surface area contributed by atoms with E-state index in [0.29, 0.717) is 0 Å². The van der Waals surface area contributed by atoms with Crippen molar-refractivity contribution in [3.63, 3.8) is 0 Å². The van der Waals surface area contributed by atoms with Crippen molar-refractivity contribution in [1.29, 1.82) is 0 Å². The molecule has 10 aromatic rings. The number of aromatic nitrogens is 2. The lowest BCUT2D eigenvalue weighted by Crippen LogP contribution is -2.15. The van der Waals surface area contributed by atoms with Crippen molar-refractivity contribution in [3.8, 4) is 66.9 Å². The van der Waals surface area contributed by atoms with Crippen LogP contribution < -0.4 is 0 Å². The van der Waals surface area contributed by atoms with Gasteiger partial charge in [-0.15, -0.1) is 0 Å². The molecular formula is C58H42N2. The summed E-state index contributed by atoms with van der Waals surface area (Å²) in [6, 6.07) is 65.0. The Kier molecular flexibility index (Phi) is 7.36. The number of hydrogen-bond acceptors (Lipinski definition) is 2. The van der Waals surface area contributed by atoms with Gasteiger partial charge >= 0.3 is 0 Å². The minimum absolute atomic E-state index is 0.0919. The summed E-state index contributed by atoms with van der Waals surface area (Å²) in [5, 5.41) is 4.66. The molecular weight excluding hydrogens is 725 g/mol. The van der Waals surface area contributed by atoms with Crippen molar-refractivity contribution in [2.24, 2.45) is 0 Å². The molecule has 0 saturated carbocycles. The third kappa shape index (κ3) is 5.07. The van der Waals surface area contributed by atoms with Crippen LogP contribution in [-0.4, -0.2) is 9.97 Å². The van der Waals surface area contributed by atoms with E-state index in [-0.39, 0.29) is 10.8 Å². The summed E-state index contributed by atoms with van der Waals surface area (Å²) in [6.07, 6.45) is 1.97. The number of hydrogen-bond donors (Lipinski definition) is 0. The van der Waals surface area contributed by atoms with Crippen molar-refractivity contribution in [2.75, 3.05) is 0 Å². The Morgan fingerprint density at radius 3 is 1.53 bits per heavy atom. The number of pyridine rings is 2. The highest BCUT2D eigenvalue weighted by molar-refractivity contribution is 6.16. The molecule has 0 saturated heterocycles. The van der Waals surface area contributed by atoms with E-state index in [1.54, 1.807) is 0 Å². The second-order valence-electron chi connectivity index (χ2n) is 17.8. The van der Waals surface area contributed by atoms with Gasteiger partial charge in [0.05, 0.1) is 16.7 Å². The predicted octanol–water partition coefficient (Wildman–Crippen LogP) is 15.2. The van der Waals surface area contributed by atoms with E-state index < -0.39 is 0 Å². The monoisotopic (exact) mass is 766 g/mol. The number of benzene rings is 8. The Labute approximate surface area is 350 Å². The van der Waals surface area contributed by atoms with Gasteiger partial charge in [0.2, 0.25) is 0 Å². The number of rotatable bonds is 4. The molecule has 284 valence electrons. The van der Waals surface area contributed by atoms with Crippen LogP contribution in [0.15, 0.2) is 182 Å². The summed E-state index contributed by atoms with van der Waals surface area (Å²) in [7, 11) is 0. The van der Waals surface area contributed by atoms with Crippen molar-refractivity contribution in [3.05, 3.63) is 204 Å². The van der Waals surface area contributed by atoms with Crippen molar-refractivity contribution in [1.82, 2.24) is 9.97 Å². The molecule has 2 aromatic heterocycles. The van der Waals surface area contributed by atoms with Crippen LogP contribution in [0, 0.1) is 0 Å². The van der Waals surface area contributed by atoms with Gasteiger partial charge in [0.25, 0.3) is 0 Å². The first kappa shape index (κ1) is 34.8. The Bertz CT molecular complexity index is 3420. The SMILES string of the molecule is CC1(C)c2ccccc2-c2ccc(-c3cc4c(-c5ccc6c(c5)C(C)(C)c5ccccc5-6)cc(-c5ccc(-c6cnc7ccccc7c6)cc5)nc4c4ccccc34)cc21. The highest BCUT2D eigenvalue weighted by Gasteiger charge is 2.37. The molecule has 0 N–H and O–H groups in total. The molecule has 0 atom stereocenters. The lowest BCUT2D eigenvalue weighted by atomic mass is 9.81. The van der Waals surface area contributed by atoms with Gasteiger partial charge in [0.15, 0.2) is 0 Å². The molecule has 0 fully saturated rings. The molecule has 8 aromatic carbocycles. The van der Waals surface area contributed by atoms with Gasteiger partial charge in [-0.05, 0) is 114 Å². The molecule has 0 radical (unpaired) electrons. The first-order valence-electron chi connectivity index (χ1n) is 21.1. The van der Waals surface area contributed by atoms with E-state index in [2.05, 4.69) is 198 Å². The molecule has 0 aliphatic heterocycles. The predicted molar refractivity (Wildman–Crippen MR) is 251 cm³/mol. The van der Waals surface area contributed by atoms with E-state index in [1.165, 1.54) is 72.1 Å². The first-order chi connectivity index (χ1) is 29.2. The zero-order valence-corrected chi connectivity index (χ0v) is 34.2. The van der Waals surface area contributed by atoms with Gasteiger partial charge in [0, 0.05) is 44.3 Å². The van der Waals surface area contributed by atoms with Gasteiger partial charge < -0.3 is 0 Å². The largest absolute Gasteiger partial charge is 0.256 e. The van der Waals surface area contributed by atoms with Crippen LogP contribution in [0.5, 0.6) is 0 Å². The summed E-state index contributed by atoms with van der Waals surface area (Å²) in [5.74, 6) is 0. The number of fused-ring (bicyclic) bond motifs is 10. The van der Waals surface area contributed by atoms with Gasteiger partial charge in [-0.25, -0.2) is 4.98 Å². The molecule has 60 heavy (non-hydrogen) atoms. The lowest BCUT2D eigenvalue weighted by molar-refractivity contribution is 0.660. The molecule has 0 unspecified atom stereocenters. The fraction of sp³-hybridized carbons (Fsp3) is 0.103.